The molecule has 0 radical (unpaired) electrons. The third-order valence-corrected chi connectivity index (χ3v) is 6.32. The Morgan fingerprint density at radius 1 is 1.27 bits per heavy atom. The fourth-order valence-electron chi connectivity index (χ4n) is 2.82. The minimum Gasteiger partial charge on any atom is -0.313 e. The number of sulfone groups is 1. The number of nitrogens with one attached hydrogen (secondary N) is 2. The lowest BCUT2D eigenvalue weighted by molar-refractivity contribution is 0.492. The van der Waals surface area contributed by atoms with Gasteiger partial charge in [-0.05, 0) is 6.07 Å². The van der Waals surface area contributed by atoms with Crippen molar-refractivity contribution in [2.45, 2.75) is 4.75 Å². The van der Waals surface area contributed by atoms with Crippen LogP contribution in [0.4, 0.5) is 0 Å². The Hall–Kier alpha value is -2.33. The van der Waals surface area contributed by atoms with Crippen LogP contribution in [0.1, 0.15) is 11.4 Å². The van der Waals surface area contributed by atoms with E-state index in [1.165, 1.54) is 6.20 Å². The van der Waals surface area contributed by atoms with Gasteiger partial charge in [0.15, 0.2) is 20.2 Å². The van der Waals surface area contributed by atoms with Crippen molar-refractivity contribution in [2.75, 3.05) is 18.8 Å². The van der Waals surface area contributed by atoms with Crippen molar-refractivity contribution in [3.63, 3.8) is 0 Å². The highest BCUT2D eigenvalue weighted by Crippen LogP contribution is 2.37. The van der Waals surface area contributed by atoms with Gasteiger partial charge < -0.3 is 5.32 Å². The van der Waals surface area contributed by atoms with E-state index in [4.69, 9.17) is 0 Å². The van der Waals surface area contributed by atoms with Gasteiger partial charge in [0.1, 0.15) is 5.69 Å². The molecular formula is C12H13N7O2S. The van der Waals surface area contributed by atoms with Crippen molar-refractivity contribution < 1.29 is 8.42 Å². The monoisotopic (exact) mass is 319 g/mol. The van der Waals surface area contributed by atoms with Gasteiger partial charge in [-0.3, -0.25) is 0 Å². The van der Waals surface area contributed by atoms with Gasteiger partial charge >= 0.3 is 0 Å². The highest BCUT2D eigenvalue weighted by Gasteiger charge is 2.51. The minimum atomic E-state index is -3.49. The van der Waals surface area contributed by atoms with E-state index in [0.29, 0.717) is 23.6 Å². The lowest BCUT2D eigenvalue weighted by Gasteiger charge is -2.34. The molecule has 1 saturated heterocycles. The molecule has 0 amide bonds. The molecule has 1 aliphatic rings. The molecule has 0 saturated carbocycles. The van der Waals surface area contributed by atoms with Crippen LogP contribution in [-0.4, -0.2) is 57.3 Å². The van der Waals surface area contributed by atoms with Crippen molar-refractivity contribution >= 4 is 15.5 Å². The van der Waals surface area contributed by atoms with Gasteiger partial charge in [0.2, 0.25) is 0 Å². The Labute approximate surface area is 125 Å². The molecule has 4 rings (SSSR count). The van der Waals surface area contributed by atoms with Gasteiger partial charge in [0.25, 0.3) is 0 Å². The molecule has 0 aromatic carbocycles. The van der Waals surface area contributed by atoms with E-state index in [2.05, 4.69) is 30.8 Å². The smallest absolute Gasteiger partial charge is 0.172 e. The lowest BCUT2D eigenvalue weighted by atomic mass is 10.00. The summed E-state index contributed by atoms with van der Waals surface area (Å²) in [5, 5.41) is 17.5. The SMILES string of the molecule is O=S1(=O)CCNCC1(c1cn[nH]n1)c1ccn2nccc2n1. The molecule has 1 aliphatic heterocycles. The van der Waals surface area contributed by atoms with E-state index in [1.807, 2.05) is 0 Å². The maximum atomic E-state index is 12.9. The van der Waals surface area contributed by atoms with Gasteiger partial charge in [0.05, 0.1) is 23.8 Å². The molecule has 0 spiro atoms. The van der Waals surface area contributed by atoms with Crippen molar-refractivity contribution in [3.05, 3.63) is 42.1 Å². The maximum Gasteiger partial charge on any atom is 0.172 e. The van der Waals surface area contributed by atoms with E-state index >= 15 is 0 Å². The Kier molecular flexibility index (Phi) is 2.78. The number of hydrogen-bond acceptors (Lipinski definition) is 7. The first-order chi connectivity index (χ1) is 10.6. The van der Waals surface area contributed by atoms with Gasteiger partial charge in [-0.1, -0.05) is 0 Å². The Morgan fingerprint density at radius 2 is 2.18 bits per heavy atom. The van der Waals surface area contributed by atoms with Gasteiger partial charge in [-0.25, -0.2) is 17.9 Å². The Morgan fingerprint density at radius 3 is 2.95 bits per heavy atom. The van der Waals surface area contributed by atoms with Crippen LogP contribution in [0.2, 0.25) is 0 Å². The van der Waals surface area contributed by atoms with Crippen LogP contribution in [-0.2, 0) is 14.6 Å². The molecule has 0 bridgehead atoms. The number of aromatic nitrogens is 6. The third kappa shape index (κ3) is 1.70. The lowest BCUT2D eigenvalue weighted by Crippen LogP contribution is -2.53. The van der Waals surface area contributed by atoms with Gasteiger partial charge in [-0.15, -0.1) is 0 Å². The second-order valence-corrected chi connectivity index (χ2v) is 7.46. The fraction of sp³-hybridized carbons (Fsp3) is 0.333. The topological polar surface area (TPSA) is 118 Å². The van der Waals surface area contributed by atoms with E-state index in [-0.39, 0.29) is 12.3 Å². The third-order valence-electron chi connectivity index (χ3n) is 3.95. The van der Waals surface area contributed by atoms with Gasteiger partial charge in [0, 0.05) is 25.4 Å². The van der Waals surface area contributed by atoms with Crippen LogP contribution < -0.4 is 5.32 Å². The number of hydrogen-bond donors (Lipinski definition) is 2. The van der Waals surface area contributed by atoms with E-state index < -0.39 is 14.6 Å². The predicted octanol–water partition coefficient (Wildman–Crippen LogP) is -0.891. The zero-order valence-electron chi connectivity index (χ0n) is 11.5. The second-order valence-electron chi connectivity index (χ2n) is 5.12. The molecule has 22 heavy (non-hydrogen) atoms. The molecule has 0 aliphatic carbocycles. The molecule has 10 heteroatoms. The molecule has 9 nitrogen and oxygen atoms in total. The van der Waals surface area contributed by atoms with Crippen LogP contribution in [0.3, 0.4) is 0 Å². The van der Waals surface area contributed by atoms with E-state index in [1.54, 1.807) is 29.0 Å². The maximum absolute atomic E-state index is 12.9. The molecule has 4 heterocycles. The number of aromatic amines is 1. The summed E-state index contributed by atoms with van der Waals surface area (Å²) in [4.78, 5) is 4.48. The summed E-state index contributed by atoms with van der Waals surface area (Å²) in [5.41, 5.74) is 1.35. The average molecular weight is 319 g/mol. The van der Waals surface area contributed by atoms with E-state index in [9.17, 15) is 8.42 Å². The first kappa shape index (κ1) is 13.3. The molecule has 1 unspecified atom stereocenters. The Balaban J connectivity index is 2.02. The summed E-state index contributed by atoms with van der Waals surface area (Å²) in [5.74, 6) is 0.0198. The van der Waals surface area contributed by atoms with Gasteiger partial charge in [-0.2, -0.15) is 20.5 Å². The molecule has 2 N–H and O–H groups in total. The van der Waals surface area contributed by atoms with Crippen LogP contribution in [0.25, 0.3) is 5.65 Å². The normalized spacial score (nSPS) is 24.5. The molecule has 1 atom stereocenters. The molecular weight excluding hydrogens is 306 g/mol. The largest absolute Gasteiger partial charge is 0.313 e. The van der Waals surface area contributed by atoms with Crippen molar-refractivity contribution in [1.82, 2.24) is 35.3 Å². The Bertz CT molecular complexity index is 918. The molecule has 1 fully saturated rings. The first-order valence-electron chi connectivity index (χ1n) is 6.74. The summed E-state index contributed by atoms with van der Waals surface area (Å²) in [6.07, 6.45) is 4.75. The van der Waals surface area contributed by atoms with E-state index in [0.717, 1.165) is 0 Å². The summed E-state index contributed by atoms with van der Waals surface area (Å²) in [6, 6.07) is 3.39. The fourth-order valence-corrected chi connectivity index (χ4v) is 4.75. The zero-order valence-corrected chi connectivity index (χ0v) is 12.3. The summed E-state index contributed by atoms with van der Waals surface area (Å²) >= 11 is 0. The van der Waals surface area contributed by atoms with Crippen LogP contribution in [0.15, 0.2) is 30.7 Å². The van der Waals surface area contributed by atoms with Crippen LogP contribution in [0.5, 0.6) is 0 Å². The average Bonchev–Trinajstić information content (AvgIpc) is 3.18. The summed E-state index contributed by atoms with van der Waals surface area (Å²) < 4.78 is 26.0. The number of H-pyrrole nitrogens is 1. The zero-order chi connectivity index (χ0) is 15.2. The number of rotatable bonds is 2. The van der Waals surface area contributed by atoms with Crippen molar-refractivity contribution in [1.29, 1.82) is 0 Å². The summed E-state index contributed by atoms with van der Waals surface area (Å²) in [7, 11) is -3.49. The summed E-state index contributed by atoms with van der Waals surface area (Å²) in [6.45, 7) is 0.621. The van der Waals surface area contributed by atoms with Crippen LogP contribution >= 0.6 is 0 Å². The first-order valence-corrected chi connectivity index (χ1v) is 8.39. The second kappa shape index (κ2) is 4.58. The van der Waals surface area contributed by atoms with Crippen LogP contribution in [0, 0.1) is 0 Å². The highest BCUT2D eigenvalue weighted by molar-refractivity contribution is 7.92. The molecule has 114 valence electrons. The van der Waals surface area contributed by atoms with Crippen molar-refractivity contribution in [3.8, 4) is 0 Å². The van der Waals surface area contributed by atoms with Crippen molar-refractivity contribution in [2.24, 2.45) is 0 Å². The highest BCUT2D eigenvalue weighted by atomic mass is 32.2. The molecule has 3 aromatic rings. The minimum absolute atomic E-state index is 0.0198. The number of fused-ring (bicyclic) bond motifs is 1. The number of nitrogens with zero attached hydrogens (tertiary/aromatic N) is 5. The quantitative estimate of drug-likeness (QED) is 0.629. The predicted molar refractivity (Wildman–Crippen MR) is 76.8 cm³/mol. The molecule has 3 aromatic heterocycles. The standard InChI is InChI=1S/C12H13N7O2S/c20-22(21)6-4-13-8-12(22,10-7-14-18-17-10)9-2-5-19-11(16-9)1-3-15-19/h1-3,5,7,13H,4,6,8H2,(H,14,17,18).